The van der Waals surface area contributed by atoms with Crippen molar-refractivity contribution in [2.75, 3.05) is 19.8 Å². The van der Waals surface area contributed by atoms with Crippen molar-refractivity contribution < 1.29 is 19.1 Å². The normalized spacial score (nSPS) is 21.1. The Kier molecular flexibility index (Phi) is 3.98. The highest BCUT2D eigenvalue weighted by molar-refractivity contribution is 5.67. The van der Waals surface area contributed by atoms with Gasteiger partial charge in [0.2, 0.25) is 5.89 Å². The topological polar surface area (TPSA) is 75.8 Å². The number of morpholine rings is 1. The molecule has 6 heteroatoms. The Hall–Kier alpha value is -1.40. The second-order valence-electron chi connectivity index (χ2n) is 4.55. The molecule has 1 unspecified atom stereocenters. The molecule has 6 nitrogen and oxygen atoms in total. The van der Waals surface area contributed by atoms with Crippen LogP contribution in [0.15, 0.2) is 4.42 Å². The fourth-order valence-electron chi connectivity index (χ4n) is 2.07. The van der Waals surface area contributed by atoms with E-state index in [1.165, 1.54) is 0 Å². The van der Waals surface area contributed by atoms with Crippen molar-refractivity contribution in [2.45, 2.75) is 32.9 Å². The molecule has 1 saturated heterocycles. The van der Waals surface area contributed by atoms with Gasteiger partial charge in [0.15, 0.2) is 0 Å². The lowest BCUT2D eigenvalue weighted by Crippen LogP contribution is -2.45. The highest BCUT2D eigenvalue weighted by Gasteiger charge is 2.26. The molecule has 0 bridgehead atoms. The molecule has 0 spiro atoms. The number of aliphatic carboxylic acids is 1. The summed E-state index contributed by atoms with van der Waals surface area (Å²) in [4.78, 5) is 17.2. The Bertz CT molecular complexity index is 410. The third-order valence-corrected chi connectivity index (χ3v) is 3.17. The first-order valence-corrected chi connectivity index (χ1v) is 6.02. The van der Waals surface area contributed by atoms with Crippen LogP contribution in [0.25, 0.3) is 0 Å². The van der Waals surface area contributed by atoms with Gasteiger partial charge < -0.3 is 14.3 Å². The summed E-state index contributed by atoms with van der Waals surface area (Å²) in [5.74, 6) is 0.644. The van der Waals surface area contributed by atoms with Crippen LogP contribution in [0.3, 0.4) is 0 Å². The highest BCUT2D eigenvalue weighted by atomic mass is 16.5. The molecule has 1 aliphatic heterocycles. The fourth-order valence-corrected chi connectivity index (χ4v) is 2.07. The number of oxazole rings is 1. The number of ether oxygens (including phenoxy) is 1. The lowest BCUT2D eigenvalue weighted by molar-refractivity contribution is -0.140. The van der Waals surface area contributed by atoms with Crippen molar-refractivity contribution in [3.63, 3.8) is 0 Å². The first kappa shape index (κ1) is 13.0. The molecule has 1 atom stereocenters. The van der Waals surface area contributed by atoms with Gasteiger partial charge in [-0.05, 0) is 13.8 Å². The van der Waals surface area contributed by atoms with Crippen LogP contribution in [-0.2, 0) is 16.1 Å². The second kappa shape index (κ2) is 5.49. The molecular formula is C12H18N2O4. The minimum Gasteiger partial charge on any atom is -0.481 e. The number of nitrogens with zero attached hydrogens (tertiary/aromatic N) is 2. The van der Waals surface area contributed by atoms with E-state index in [1.54, 1.807) is 0 Å². The molecule has 0 amide bonds. The third-order valence-electron chi connectivity index (χ3n) is 3.17. The zero-order chi connectivity index (χ0) is 13.1. The average molecular weight is 254 g/mol. The smallest absolute Gasteiger partial charge is 0.305 e. The maximum Gasteiger partial charge on any atom is 0.305 e. The van der Waals surface area contributed by atoms with E-state index in [1.807, 2.05) is 13.8 Å². The number of carboxylic acids is 1. The molecule has 1 aliphatic rings. The maximum atomic E-state index is 10.8. The highest BCUT2D eigenvalue weighted by Crippen LogP contribution is 2.16. The average Bonchev–Trinajstić information content (AvgIpc) is 2.60. The summed E-state index contributed by atoms with van der Waals surface area (Å²) in [6, 6.07) is -0.108. The zero-order valence-electron chi connectivity index (χ0n) is 10.7. The van der Waals surface area contributed by atoms with E-state index in [-0.39, 0.29) is 12.5 Å². The standard InChI is InChI=1S/C12H18N2O4/c1-8-9(2)18-11(13-8)6-14-3-4-17-7-10(14)5-12(15)16/h10H,3-7H2,1-2H3,(H,15,16). The van der Waals surface area contributed by atoms with Crippen molar-refractivity contribution in [3.8, 4) is 0 Å². The number of aromatic nitrogens is 1. The van der Waals surface area contributed by atoms with Crippen LogP contribution in [0.5, 0.6) is 0 Å². The SMILES string of the molecule is Cc1nc(CN2CCOCC2CC(=O)O)oc1C. The number of aryl methyl sites for hydroxylation is 2. The summed E-state index contributed by atoms with van der Waals surface area (Å²) in [6.45, 7) is 6.09. The molecule has 0 aliphatic carbocycles. The Morgan fingerprint density at radius 1 is 1.56 bits per heavy atom. The predicted octanol–water partition coefficient (Wildman–Crippen LogP) is 0.967. The summed E-state index contributed by atoms with van der Waals surface area (Å²) in [5.41, 5.74) is 0.882. The molecule has 100 valence electrons. The minimum atomic E-state index is -0.810. The molecule has 0 aromatic carbocycles. The largest absolute Gasteiger partial charge is 0.481 e. The van der Waals surface area contributed by atoms with E-state index in [0.29, 0.717) is 32.2 Å². The van der Waals surface area contributed by atoms with Crippen LogP contribution in [0.1, 0.15) is 23.8 Å². The quantitative estimate of drug-likeness (QED) is 0.862. The van der Waals surface area contributed by atoms with E-state index < -0.39 is 5.97 Å². The number of carboxylic acid groups (broad SMARTS) is 1. The van der Waals surface area contributed by atoms with E-state index >= 15 is 0 Å². The van der Waals surface area contributed by atoms with Gasteiger partial charge in [-0.2, -0.15) is 0 Å². The molecule has 18 heavy (non-hydrogen) atoms. The van der Waals surface area contributed by atoms with Gasteiger partial charge in [-0.25, -0.2) is 4.98 Å². The van der Waals surface area contributed by atoms with Crippen molar-refractivity contribution in [2.24, 2.45) is 0 Å². The van der Waals surface area contributed by atoms with Crippen LogP contribution in [-0.4, -0.2) is 46.8 Å². The molecule has 1 aromatic rings. The zero-order valence-corrected chi connectivity index (χ0v) is 10.7. The molecular weight excluding hydrogens is 236 g/mol. The van der Waals surface area contributed by atoms with Crippen LogP contribution in [0.2, 0.25) is 0 Å². The first-order valence-electron chi connectivity index (χ1n) is 6.02. The number of carbonyl (C=O) groups is 1. The van der Waals surface area contributed by atoms with Crippen LogP contribution < -0.4 is 0 Å². The van der Waals surface area contributed by atoms with Crippen molar-refractivity contribution in [1.29, 1.82) is 0 Å². The predicted molar refractivity (Wildman–Crippen MR) is 63.2 cm³/mol. The summed E-state index contributed by atoms with van der Waals surface area (Å²) < 4.78 is 10.9. The molecule has 1 N–H and O–H groups in total. The summed E-state index contributed by atoms with van der Waals surface area (Å²) in [7, 11) is 0. The van der Waals surface area contributed by atoms with Gasteiger partial charge in [-0.1, -0.05) is 0 Å². The Morgan fingerprint density at radius 2 is 2.33 bits per heavy atom. The van der Waals surface area contributed by atoms with E-state index in [2.05, 4.69) is 9.88 Å². The van der Waals surface area contributed by atoms with Crippen molar-refractivity contribution in [3.05, 3.63) is 17.3 Å². The molecule has 0 saturated carbocycles. The fraction of sp³-hybridized carbons (Fsp3) is 0.667. The second-order valence-corrected chi connectivity index (χ2v) is 4.55. The van der Waals surface area contributed by atoms with E-state index in [0.717, 1.165) is 11.5 Å². The molecule has 1 fully saturated rings. The molecule has 2 heterocycles. The van der Waals surface area contributed by atoms with Gasteiger partial charge in [-0.3, -0.25) is 9.69 Å². The van der Waals surface area contributed by atoms with Gasteiger partial charge in [0.25, 0.3) is 0 Å². The van der Waals surface area contributed by atoms with Crippen molar-refractivity contribution in [1.82, 2.24) is 9.88 Å². The van der Waals surface area contributed by atoms with Crippen molar-refractivity contribution >= 4 is 5.97 Å². The summed E-state index contributed by atoms with van der Waals surface area (Å²) >= 11 is 0. The van der Waals surface area contributed by atoms with Crippen LogP contribution in [0, 0.1) is 13.8 Å². The first-order chi connectivity index (χ1) is 8.56. The minimum absolute atomic E-state index is 0.0820. The van der Waals surface area contributed by atoms with E-state index in [9.17, 15) is 4.79 Å². The Morgan fingerprint density at radius 3 is 2.94 bits per heavy atom. The van der Waals surface area contributed by atoms with Crippen LogP contribution >= 0.6 is 0 Å². The lowest BCUT2D eigenvalue weighted by Gasteiger charge is -2.33. The number of hydrogen-bond donors (Lipinski definition) is 1. The number of hydrogen-bond acceptors (Lipinski definition) is 5. The molecule has 2 rings (SSSR count). The lowest BCUT2D eigenvalue weighted by atomic mass is 10.1. The van der Waals surface area contributed by atoms with Gasteiger partial charge in [0.1, 0.15) is 5.76 Å². The van der Waals surface area contributed by atoms with Gasteiger partial charge in [-0.15, -0.1) is 0 Å². The molecule has 0 radical (unpaired) electrons. The number of rotatable bonds is 4. The van der Waals surface area contributed by atoms with Gasteiger partial charge in [0, 0.05) is 12.6 Å². The van der Waals surface area contributed by atoms with Gasteiger partial charge >= 0.3 is 5.97 Å². The Balaban J connectivity index is 2.02. The summed E-state index contributed by atoms with van der Waals surface area (Å²) in [5, 5.41) is 8.88. The summed E-state index contributed by atoms with van der Waals surface area (Å²) in [6.07, 6.45) is 0.0820. The monoisotopic (exact) mass is 254 g/mol. The Labute approximate surface area is 106 Å². The van der Waals surface area contributed by atoms with Crippen LogP contribution in [0.4, 0.5) is 0 Å². The van der Waals surface area contributed by atoms with E-state index in [4.69, 9.17) is 14.3 Å². The maximum absolute atomic E-state index is 10.8. The van der Waals surface area contributed by atoms with Gasteiger partial charge in [0.05, 0.1) is 31.9 Å². The molecule has 1 aromatic heterocycles. The third kappa shape index (κ3) is 3.08.